The van der Waals surface area contributed by atoms with Gasteiger partial charge in [0.25, 0.3) is 0 Å². The number of nitrogens with two attached hydrogens (primary N) is 1. The molecule has 0 bridgehead atoms. The number of hydrogen-bond donors (Lipinski definition) is 4. The molecular weight excluding hydrogens is 268 g/mol. The molecule has 2 rings (SSSR count). The second-order valence-electron chi connectivity index (χ2n) is 5.74. The molecule has 0 unspecified atom stereocenters. The Morgan fingerprint density at radius 2 is 1.95 bits per heavy atom. The summed E-state index contributed by atoms with van der Waals surface area (Å²) in [4.78, 5) is 14.0. The molecule has 5 N–H and O–H groups in total. The van der Waals surface area contributed by atoms with Gasteiger partial charge in [-0.05, 0) is 38.0 Å². The van der Waals surface area contributed by atoms with Crippen molar-refractivity contribution in [1.82, 2.24) is 4.98 Å². The maximum atomic E-state index is 11.4. The van der Waals surface area contributed by atoms with Gasteiger partial charge in [-0.3, -0.25) is 4.79 Å². The normalized spacial score (nSPS) is 14.5. The summed E-state index contributed by atoms with van der Waals surface area (Å²) in [7, 11) is 0. The molecule has 5 heteroatoms. The lowest BCUT2D eigenvalue weighted by molar-refractivity contribution is -0.723. The fourth-order valence-corrected chi connectivity index (χ4v) is 2.71. The van der Waals surface area contributed by atoms with E-state index in [1.807, 2.05) is 6.92 Å². The van der Waals surface area contributed by atoms with Gasteiger partial charge in [-0.25, -0.2) is 0 Å². The highest BCUT2D eigenvalue weighted by Crippen LogP contribution is 2.30. The highest BCUT2D eigenvalue weighted by atomic mass is 16.3. The summed E-state index contributed by atoms with van der Waals surface area (Å²) in [5, 5.41) is 23.4. The van der Waals surface area contributed by atoms with Crippen LogP contribution < -0.4 is 10.9 Å². The zero-order chi connectivity index (χ0) is 15.6. The van der Waals surface area contributed by atoms with E-state index in [0.717, 1.165) is 12.0 Å². The molecule has 0 aliphatic heterocycles. The lowest BCUT2D eigenvalue weighted by Gasteiger charge is -2.23. The summed E-state index contributed by atoms with van der Waals surface area (Å²) >= 11 is 0. The highest BCUT2D eigenvalue weighted by molar-refractivity contribution is 5.87. The molecule has 2 aromatic rings. The van der Waals surface area contributed by atoms with E-state index < -0.39 is 6.10 Å². The number of aliphatic hydroxyl groups excluding tert-OH is 1. The number of aliphatic hydroxyl groups is 1. The first-order chi connectivity index (χ1) is 9.93. The van der Waals surface area contributed by atoms with Gasteiger partial charge in [-0.1, -0.05) is 13.0 Å². The number of aromatic amines is 1. The Morgan fingerprint density at radius 1 is 1.24 bits per heavy atom. The van der Waals surface area contributed by atoms with Crippen LogP contribution in [0.1, 0.15) is 38.9 Å². The van der Waals surface area contributed by atoms with E-state index in [4.69, 9.17) is 0 Å². The molecule has 0 fully saturated rings. The second-order valence-corrected chi connectivity index (χ2v) is 5.74. The van der Waals surface area contributed by atoms with E-state index >= 15 is 0 Å². The fourth-order valence-electron chi connectivity index (χ4n) is 2.71. The van der Waals surface area contributed by atoms with Crippen LogP contribution in [0, 0.1) is 0 Å². The van der Waals surface area contributed by atoms with Crippen LogP contribution in [0.5, 0.6) is 5.75 Å². The number of nitrogens with one attached hydrogen (secondary N) is 1. The van der Waals surface area contributed by atoms with E-state index in [1.54, 1.807) is 12.1 Å². The maximum Gasteiger partial charge on any atom is 0.248 e. The number of quaternary nitrogens is 1. The van der Waals surface area contributed by atoms with Gasteiger partial charge in [0, 0.05) is 11.5 Å². The third-order valence-electron chi connectivity index (χ3n) is 3.73. The lowest BCUT2D eigenvalue weighted by atomic mass is 9.95. The number of aromatic nitrogens is 1. The minimum Gasteiger partial charge on any atom is -0.506 e. The van der Waals surface area contributed by atoms with Crippen LogP contribution in [0.2, 0.25) is 0 Å². The van der Waals surface area contributed by atoms with Crippen LogP contribution in [0.3, 0.4) is 0 Å². The standard InChI is InChI=1S/C16H22N2O3/c1-4-12(17-9(2)3)16(21)11-5-7-13(19)15-10(11)6-8-14(20)18-15/h5-9,12,16-17,19,21H,4H2,1-3H3,(H,18,20)/p+1/t12-,16+/m0/s1. The molecule has 2 atom stereocenters. The highest BCUT2D eigenvalue weighted by Gasteiger charge is 2.25. The minimum absolute atomic E-state index is 0.0135. The first kappa shape index (κ1) is 15.5. The van der Waals surface area contributed by atoms with Gasteiger partial charge in [0.05, 0.1) is 11.6 Å². The predicted molar refractivity (Wildman–Crippen MR) is 82.3 cm³/mol. The number of hydrogen-bond acceptors (Lipinski definition) is 3. The number of phenolic OH excluding ortho intramolecular Hbond substituents is 1. The van der Waals surface area contributed by atoms with E-state index in [2.05, 4.69) is 24.1 Å². The number of phenols is 1. The van der Waals surface area contributed by atoms with Gasteiger partial charge in [0.1, 0.15) is 17.9 Å². The minimum atomic E-state index is -0.661. The first-order valence-electron chi connectivity index (χ1n) is 7.32. The molecule has 0 saturated carbocycles. The summed E-state index contributed by atoms with van der Waals surface area (Å²) < 4.78 is 0. The third kappa shape index (κ3) is 3.25. The fraction of sp³-hybridized carbons (Fsp3) is 0.438. The molecule has 0 spiro atoms. The molecule has 0 radical (unpaired) electrons. The van der Waals surface area contributed by atoms with Crippen LogP contribution in [-0.2, 0) is 0 Å². The molecule has 21 heavy (non-hydrogen) atoms. The lowest BCUT2D eigenvalue weighted by Crippen LogP contribution is -2.94. The summed E-state index contributed by atoms with van der Waals surface area (Å²) in [5.74, 6) is 0.0135. The number of fused-ring (bicyclic) bond motifs is 1. The summed E-state index contributed by atoms with van der Waals surface area (Å²) in [5.41, 5.74) is 0.825. The van der Waals surface area contributed by atoms with Gasteiger partial charge >= 0.3 is 0 Å². The molecule has 0 amide bonds. The largest absolute Gasteiger partial charge is 0.506 e. The number of rotatable bonds is 5. The summed E-state index contributed by atoms with van der Waals surface area (Å²) in [6.07, 6.45) is 0.164. The maximum absolute atomic E-state index is 11.4. The van der Waals surface area contributed by atoms with Gasteiger partial charge in [0.15, 0.2) is 0 Å². The van der Waals surface area contributed by atoms with Crippen LogP contribution in [0.25, 0.3) is 10.9 Å². The van der Waals surface area contributed by atoms with Gasteiger partial charge < -0.3 is 20.5 Å². The van der Waals surface area contributed by atoms with E-state index in [0.29, 0.717) is 16.9 Å². The van der Waals surface area contributed by atoms with Gasteiger partial charge in [-0.2, -0.15) is 0 Å². The average molecular weight is 291 g/mol. The molecular formula is C16H23N2O3+. The van der Waals surface area contributed by atoms with Crippen molar-refractivity contribution in [2.45, 2.75) is 45.4 Å². The number of H-pyrrole nitrogens is 1. The SMILES string of the molecule is CC[C@H]([NH2+]C(C)C)[C@H](O)c1ccc(O)c2[nH]c(=O)ccc12. The van der Waals surface area contributed by atoms with Crippen molar-refractivity contribution in [2.24, 2.45) is 0 Å². The molecule has 0 saturated heterocycles. The quantitative estimate of drug-likeness (QED) is 0.663. The topological polar surface area (TPSA) is 89.9 Å². The van der Waals surface area contributed by atoms with E-state index in [9.17, 15) is 15.0 Å². The molecule has 114 valence electrons. The van der Waals surface area contributed by atoms with Crippen molar-refractivity contribution in [2.75, 3.05) is 0 Å². The van der Waals surface area contributed by atoms with Crippen molar-refractivity contribution < 1.29 is 15.5 Å². The Balaban J connectivity index is 2.50. The Labute approximate surface area is 123 Å². The molecule has 1 aromatic heterocycles. The Kier molecular flexibility index (Phi) is 4.65. The molecule has 0 aliphatic carbocycles. The zero-order valence-corrected chi connectivity index (χ0v) is 12.6. The monoisotopic (exact) mass is 291 g/mol. The van der Waals surface area contributed by atoms with E-state index in [1.165, 1.54) is 12.1 Å². The number of pyridine rings is 1. The first-order valence-corrected chi connectivity index (χ1v) is 7.32. The summed E-state index contributed by atoms with van der Waals surface area (Å²) in [6.45, 7) is 6.21. The Bertz CT molecular complexity index is 679. The van der Waals surface area contributed by atoms with Crippen LogP contribution in [0.15, 0.2) is 29.1 Å². The third-order valence-corrected chi connectivity index (χ3v) is 3.73. The van der Waals surface area contributed by atoms with Crippen molar-refractivity contribution >= 4 is 10.9 Å². The smallest absolute Gasteiger partial charge is 0.248 e. The van der Waals surface area contributed by atoms with Crippen molar-refractivity contribution in [1.29, 1.82) is 0 Å². The van der Waals surface area contributed by atoms with Crippen molar-refractivity contribution in [3.63, 3.8) is 0 Å². The molecule has 5 nitrogen and oxygen atoms in total. The zero-order valence-electron chi connectivity index (χ0n) is 12.6. The number of benzene rings is 1. The van der Waals surface area contributed by atoms with Crippen LogP contribution in [-0.4, -0.2) is 27.3 Å². The van der Waals surface area contributed by atoms with Crippen molar-refractivity contribution in [3.8, 4) is 5.75 Å². The van der Waals surface area contributed by atoms with Gasteiger partial charge in [-0.15, -0.1) is 0 Å². The Hall–Kier alpha value is -1.85. The number of aromatic hydroxyl groups is 1. The second kappa shape index (κ2) is 6.28. The van der Waals surface area contributed by atoms with E-state index in [-0.39, 0.29) is 17.4 Å². The predicted octanol–water partition coefficient (Wildman–Crippen LogP) is 1.02. The van der Waals surface area contributed by atoms with Crippen molar-refractivity contribution in [3.05, 3.63) is 40.2 Å². The molecule has 0 aliphatic rings. The summed E-state index contributed by atoms with van der Waals surface area (Å²) in [6, 6.07) is 6.70. The van der Waals surface area contributed by atoms with Crippen LogP contribution >= 0.6 is 0 Å². The average Bonchev–Trinajstić information content (AvgIpc) is 2.45. The Morgan fingerprint density at radius 3 is 2.57 bits per heavy atom. The van der Waals surface area contributed by atoms with Gasteiger partial charge in [0.2, 0.25) is 5.56 Å². The molecule has 1 aromatic carbocycles. The van der Waals surface area contributed by atoms with Crippen LogP contribution in [0.4, 0.5) is 0 Å². The molecule has 1 heterocycles.